The molecule has 1 aliphatic rings. The number of hydrogen-bond acceptors (Lipinski definition) is 2. The molecule has 2 aromatic heterocycles. The summed E-state index contributed by atoms with van der Waals surface area (Å²) in [4.78, 5) is 4.85. The van der Waals surface area contributed by atoms with Gasteiger partial charge in [0.15, 0.2) is 0 Å². The smallest absolute Gasteiger partial charge is 0.457 e. The highest BCUT2D eigenvalue weighted by atomic mass is 16.5. The molecule has 0 unspecified atom stereocenters. The highest BCUT2D eigenvalue weighted by Crippen LogP contribution is 2.46. The second kappa shape index (κ2) is 16.9. The van der Waals surface area contributed by atoms with Gasteiger partial charge >= 0.3 is 6.01 Å². The van der Waals surface area contributed by atoms with Crippen LogP contribution in [0.2, 0.25) is 0 Å². The highest BCUT2D eigenvalue weighted by molar-refractivity contribution is 6.09. The van der Waals surface area contributed by atoms with Crippen molar-refractivity contribution in [1.82, 2.24) is 18.7 Å². The summed E-state index contributed by atoms with van der Waals surface area (Å²) in [6.45, 7) is 6.91. The number of aromatic nitrogens is 2. The van der Waals surface area contributed by atoms with Crippen LogP contribution < -0.4 is 13.9 Å². The molecule has 11 rings (SSSR count). The Morgan fingerprint density at radius 2 is 1.17 bits per heavy atom. The molecule has 0 bridgehead atoms. The summed E-state index contributed by atoms with van der Waals surface area (Å²) in [5, 5.41) is 2.15. The van der Waals surface area contributed by atoms with Gasteiger partial charge in [-0.15, -0.1) is 0 Å². The van der Waals surface area contributed by atoms with Crippen LogP contribution in [0.25, 0.3) is 61.0 Å². The van der Waals surface area contributed by atoms with Crippen molar-refractivity contribution in [1.29, 1.82) is 0 Å². The SMILES string of the molecule is [2H]c1c([2H])c(C(C)(C)C)c([2H])c([2H])c1-c1cccc(-c2ccc(-c3ccccc3C([2H])([2H])[2H])c(C([2H])([2H])[2H])c2)c1[N+]1=C=[N+](c2cccc(Oc3ccc4c5ccccc5n(-c5cc(C(C)(C)C)ccn5)c4c3)c2)c2ccccc21. The van der Waals surface area contributed by atoms with Gasteiger partial charge in [0, 0.05) is 49.5 Å². The average molecular weight is 907 g/mol. The monoisotopic (exact) mass is 907 g/mol. The van der Waals surface area contributed by atoms with Gasteiger partial charge in [-0.25, -0.2) is 4.98 Å². The van der Waals surface area contributed by atoms with Crippen LogP contribution >= 0.6 is 0 Å². The topological polar surface area (TPSA) is 33.1 Å². The summed E-state index contributed by atoms with van der Waals surface area (Å²) in [7, 11) is 0. The van der Waals surface area contributed by atoms with Crippen LogP contribution in [-0.2, 0) is 10.8 Å². The van der Waals surface area contributed by atoms with Crippen molar-refractivity contribution in [2.24, 2.45) is 0 Å². The zero-order valence-corrected chi connectivity index (χ0v) is 39.4. The quantitative estimate of drug-likeness (QED) is 0.142. The van der Waals surface area contributed by atoms with E-state index >= 15 is 0 Å². The van der Waals surface area contributed by atoms with Gasteiger partial charge in [0.25, 0.3) is 11.4 Å². The molecular weight excluding hydrogens is 841 g/mol. The lowest BCUT2D eigenvalue weighted by molar-refractivity contribution is 0.483. The molecule has 5 heteroatoms. The maximum Gasteiger partial charge on any atom is 0.503 e. The number of aryl methyl sites for hydroxylation is 2. The summed E-state index contributed by atoms with van der Waals surface area (Å²) in [5.74, 6) is 1.96. The number of fused-ring (bicyclic) bond motifs is 4. The molecule has 0 saturated carbocycles. The molecule has 10 aromatic rings. The van der Waals surface area contributed by atoms with Gasteiger partial charge < -0.3 is 4.74 Å². The summed E-state index contributed by atoms with van der Waals surface area (Å²) in [6.07, 6.45) is 1.86. The fraction of sp³-hybridized carbons (Fsp3) is 0.156. The zero-order chi connectivity index (χ0) is 56.1. The first-order valence-electron chi connectivity index (χ1n) is 28.1. The second-order valence-corrected chi connectivity index (χ2v) is 19.6. The predicted octanol–water partition coefficient (Wildman–Crippen LogP) is 17.0. The van der Waals surface area contributed by atoms with E-state index in [-0.39, 0.29) is 63.0 Å². The standard InChI is InChI=1S/C64H56N4O/c1-42-17-9-10-20-51(42)52-33-29-45(37-43(52)2)54-23-16-22-53(44-27-30-46(31-28-44)63(3,4)5)62(54)67-41-66(58-25-13-14-26-59(58)67)48-18-15-19-49(39-48)69-50-32-34-56-55-21-11-12-24-57(55)68(60(56)40-50)61-38-47(35-36-65-61)64(6,7)8/h9-40H,1-8H3/q+2/i1D3,2D3,27D,28D,30D,31D. The Kier molecular flexibility index (Phi) is 8.17. The van der Waals surface area contributed by atoms with E-state index in [4.69, 9.17) is 17.9 Å². The number of ether oxygens (including phenoxy) is 1. The van der Waals surface area contributed by atoms with Crippen LogP contribution in [0.15, 0.2) is 194 Å². The van der Waals surface area contributed by atoms with E-state index in [2.05, 4.69) is 61.7 Å². The van der Waals surface area contributed by atoms with Crippen LogP contribution in [-0.4, -0.2) is 15.6 Å². The Hall–Kier alpha value is -8.11. The zero-order valence-electron chi connectivity index (χ0n) is 49.4. The van der Waals surface area contributed by atoms with Gasteiger partial charge in [-0.3, -0.25) is 4.57 Å². The van der Waals surface area contributed by atoms with Gasteiger partial charge in [-0.1, -0.05) is 151 Å². The molecule has 0 fully saturated rings. The normalized spacial score (nSPS) is 15.0. The fourth-order valence-corrected chi connectivity index (χ4v) is 9.21. The number of nitrogens with zero attached hydrogens (tertiary/aromatic N) is 4. The predicted molar refractivity (Wildman–Crippen MR) is 289 cm³/mol. The fourth-order valence-electron chi connectivity index (χ4n) is 9.21. The van der Waals surface area contributed by atoms with Crippen LogP contribution in [0.3, 0.4) is 0 Å². The third kappa shape index (κ3) is 7.95. The third-order valence-electron chi connectivity index (χ3n) is 12.8. The molecule has 3 heterocycles. The van der Waals surface area contributed by atoms with Crippen molar-refractivity contribution >= 4 is 50.6 Å². The van der Waals surface area contributed by atoms with E-state index in [9.17, 15) is 5.48 Å². The first kappa shape index (κ1) is 33.4. The molecule has 336 valence electrons. The van der Waals surface area contributed by atoms with Crippen molar-refractivity contribution < 1.29 is 18.4 Å². The average Bonchev–Trinajstić information content (AvgIpc) is 4.18. The minimum atomic E-state index is -2.70. The first-order valence-corrected chi connectivity index (χ1v) is 23.1. The maximum atomic E-state index is 9.56. The number of hydrogen-bond donors (Lipinski definition) is 0. The largest absolute Gasteiger partial charge is 0.503 e. The van der Waals surface area contributed by atoms with Gasteiger partial charge in [-0.05, 0) is 127 Å². The van der Waals surface area contributed by atoms with Crippen LogP contribution in [0.1, 0.15) is 77.5 Å². The van der Waals surface area contributed by atoms with Crippen molar-refractivity contribution in [3.05, 3.63) is 216 Å². The van der Waals surface area contributed by atoms with E-state index in [0.717, 1.165) is 38.9 Å². The summed E-state index contributed by atoms with van der Waals surface area (Å²) in [6, 6.07) is 53.3. The third-order valence-corrected chi connectivity index (χ3v) is 12.8. The Morgan fingerprint density at radius 3 is 1.96 bits per heavy atom. The van der Waals surface area contributed by atoms with E-state index < -0.39 is 19.1 Å². The second-order valence-electron chi connectivity index (χ2n) is 19.6. The minimum absolute atomic E-state index is 0.0191. The van der Waals surface area contributed by atoms with Gasteiger partial charge in [0.2, 0.25) is 11.4 Å². The minimum Gasteiger partial charge on any atom is -0.457 e. The summed E-state index contributed by atoms with van der Waals surface area (Å²) in [5.41, 5.74) is 6.87. The van der Waals surface area contributed by atoms with Crippen molar-refractivity contribution in [3.63, 3.8) is 0 Å². The van der Waals surface area contributed by atoms with Gasteiger partial charge in [0.05, 0.1) is 33.7 Å². The number of rotatable bonds is 8. The van der Waals surface area contributed by atoms with Crippen LogP contribution in [0.5, 0.6) is 11.5 Å². The number of para-hydroxylation sites is 4. The van der Waals surface area contributed by atoms with E-state index in [1.165, 1.54) is 6.07 Å². The van der Waals surface area contributed by atoms with Crippen LogP contribution in [0.4, 0.5) is 22.7 Å². The molecule has 69 heavy (non-hydrogen) atoms. The Balaban J connectivity index is 1.11. The summed E-state index contributed by atoms with van der Waals surface area (Å²) >= 11 is 0. The lowest BCUT2D eigenvalue weighted by Crippen LogP contribution is -2.12. The number of pyridine rings is 1. The lowest BCUT2D eigenvalue weighted by atomic mass is 9.85. The van der Waals surface area contributed by atoms with E-state index in [1.807, 2.05) is 115 Å². The molecule has 8 aromatic carbocycles. The Morgan fingerprint density at radius 1 is 0.522 bits per heavy atom. The lowest BCUT2D eigenvalue weighted by Gasteiger charge is -2.20. The van der Waals surface area contributed by atoms with Crippen molar-refractivity contribution in [3.8, 4) is 50.7 Å². The molecular formula is C64H56N4O+2. The molecule has 0 amide bonds. The summed E-state index contributed by atoms with van der Waals surface area (Å²) < 4.78 is 102. The molecule has 0 N–H and O–H groups in total. The van der Waals surface area contributed by atoms with Crippen LogP contribution in [0, 0.1) is 13.7 Å². The molecule has 1 aliphatic heterocycles. The first-order chi connectivity index (χ1) is 37.4. The Labute approximate surface area is 419 Å². The van der Waals surface area contributed by atoms with E-state index in [0.29, 0.717) is 45.3 Å². The Bertz CT molecular complexity index is 4180. The molecule has 0 atom stereocenters. The molecule has 5 nitrogen and oxygen atoms in total. The molecule has 0 radical (unpaired) electrons. The van der Waals surface area contributed by atoms with Gasteiger partial charge in [0.1, 0.15) is 17.3 Å². The van der Waals surface area contributed by atoms with Gasteiger partial charge in [-0.2, -0.15) is 0 Å². The van der Waals surface area contributed by atoms with E-state index in [1.54, 1.807) is 48.5 Å². The van der Waals surface area contributed by atoms with Crippen molar-refractivity contribution in [2.75, 3.05) is 0 Å². The molecule has 0 saturated heterocycles. The molecule has 0 spiro atoms. The van der Waals surface area contributed by atoms with Crippen molar-refractivity contribution in [2.45, 2.75) is 66.1 Å². The highest BCUT2D eigenvalue weighted by Gasteiger charge is 2.39. The number of benzene rings is 8. The molecule has 0 aliphatic carbocycles. The maximum absolute atomic E-state index is 9.56.